The van der Waals surface area contributed by atoms with Crippen LogP contribution in [0.1, 0.15) is 25.7 Å². The average Bonchev–Trinajstić information content (AvgIpc) is 2.59. The number of hydrogen-bond acceptors (Lipinski definition) is 3. The SMILES string of the molecule is C=C1CN2C(=O)[C@H]3CCCC[C@@H]3N=C2S1. The molecule has 0 radical (unpaired) electrons. The summed E-state index contributed by atoms with van der Waals surface area (Å²) in [6.45, 7) is 4.59. The Balaban J connectivity index is 1.95. The van der Waals surface area contributed by atoms with Crippen LogP contribution in [-0.4, -0.2) is 28.6 Å². The molecule has 1 saturated carbocycles. The van der Waals surface area contributed by atoms with Crippen LogP contribution >= 0.6 is 11.8 Å². The van der Waals surface area contributed by atoms with Gasteiger partial charge in [0.05, 0.1) is 18.5 Å². The Morgan fingerprint density at radius 1 is 1.40 bits per heavy atom. The molecule has 0 aromatic carbocycles. The second-order valence-corrected chi connectivity index (χ2v) is 5.58. The zero-order valence-corrected chi connectivity index (χ0v) is 9.42. The normalized spacial score (nSPS) is 34.9. The second-order valence-electron chi connectivity index (χ2n) is 4.44. The van der Waals surface area contributed by atoms with E-state index in [1.54, 1.807) is 11.8 Å². The highest BCUT2D eigenvalue weighted by molar-refractivity contribution is 8.17. The van der Waals surface area contributed by atoms with E-state index in [1.165, 1.54) is 12.8 Å². The van der Waals surface area contributed by atoms with Crippen LogP contribution in [0.5, 0.6) is 0 Å². The summed E-state index contributed by atoms with van der Waals surface area (Å²) in [4.78, 5) is 19.7. The lowest BCUT2D eigenvalue weighted by atomic mass is 9.83. The van der Waals surface area contributed by atoms with E-state index in [-0.39, 0.29) is 17.9 Å². The average molecular weight is 222 g/mol. The summed E-state index contributed by atoms with van der Waals surface area (Å²) in [6, 6.07) is 0.260. The number of amides is 1. The molecule has 0 aromatic heterocycles. The summed E-state index contributed by atoms with van der Waals surface area (Å²) < 4.78 is 0. The van der Waals surface area contributed by atoms with Crippen molar-refractivity contribution in [1.29, 1.82) is 0 Å². The van der Waals surface area contributed by atoms with Crippen molar-refractivity contribution in [2.75, 3.05) is 6.54 Å². The van der Waals surface area contributed by atoms with Gasteiger partial charge in [-0.25, -0.2) is 0 Å². The van der Waals surface area contributed by atoms with Crippen LogP contribution in [0.2, 0.25) is 0 Å². The molecule has 1 amide bonds. The van der Waals surface area contributed by atoms with E-state index in [9.17, 15) is 4.79 Å². The van der Waals surface area contributed by atoms with E-state index in [1.807, 2.05) is 4.90 Å². The van der Waals surface area contributed by atoms with Crippen LogP contribution in [0.15, 0.2) is 16.5 Å². The number of thioether (sulfide) groups is 1. The predicted molar refractivity (Wildman–Crippen MR) is 61.6 cm³/mol. The summed E-state index contributed by atoms with van der Waals surface area (Å²) >= 11 is 1.57. The van der Waals surface area contributed by atoms with E-state index >= 15 is 0 Å². The summed E-state index contributed by atoms with van der Waals surface area (Å²) in [6.07, 6.45) is 4.51. The molecule has 1 saturated heterocycles. The quantitative estimate of drug-likeness (QED) is 0.628. The molecule has 80 valence electrons. The third kappa shape index (κ3) is 1.42. The van der Waals surface area contributed by atoms with E-state index < -0.39 is 0 Å². The Labute approximate surface area is 93.6 Å². The molecule has 2 atom stereocenters. The van der Waals surface area contributed by atoms with E-state index in [0.29, 0.717) is 6.54 Å². The standard InChI is InChI=1S/C11H14N2OS/c1-7-6-13-10(14)8-4-2-3-5-9(8)12-11(13)15-7/h8-9H,1-6H2/t8-,9-/m0/s1. The molecule has 3 aliphatic rings. The number of amidine groups is 1. The first-order valence-corrected chi connectivity index (χ1v) is 6.32. The molecule has 15 heavy (non-hydrogen) atoms. The van der Waals surface area contributed by atoms with E-state index in [0.717, 1.165) is 22.9 Å². The molecule has 4 heteroatoms. The number of carbonyl (C=O) groups is 1. The predicted octanol–water partition coefficient (Wildman–Crippen LogP) is 2.00. The van der Waals surface area contributed by atoms with Gasteiger partial charge in [0.15, 0.2) is 5.17 Å². The Kier molecular flexibility index (Phi) is 2.12. The molecule has 0 bridgehead atoms. The molecular weight excluding hydrogens is 208 g/mol. The first-order chi connectivity index (χ1) is 7.25. The van der Waals surface area contributed by atoms with Crippen LogP contribution in [0.3, 0.4) is 0 Å². The number of hydrogen-bond donors (Lipinski definition) is 0. The largest absolute Gasteiger partial charge is 0.286 e. The highest BCUT2D eigenvalue weighted by atomic mass is 32.2. The lowest BCUT2D eigenvalue weighted by Crippen LogP contribution is -2.46. The molecule has 3 rings (SSSR count). The van der Waals surface area contributed by atoms with Crippen LogP contribution < -0.4 is 0 Å². The zero-order valence-electron chi connectivity index (χ0n) is 8.61. The first kappa shape index (κ1) is 9.46. The molecule has 2 heterocycles. The van der Waals surface area contributed by atoms with Crippen molar-refractivity contribution in [3.63, 3.8) is 0 Å². The van der Waals surface area contributed by atoms with Gasteiger partial charge in [-0.05, 0) is 12.8 Å². The molecule has 3 nitrogen and oxygen atoms in total. The fourth-order valence-electron chi connectivity index (χ4n) is 2.62. The van der Waals surface area contributed by atoms with Gasteiger partial charge >= 0.3 is 0 Å². The number of fused-ring (bicyclic) bond motifs is 2. The molecule has 1 aliphatic carbocycles. The minimum Gasteiger partial charge on any atom is -0.286 e. The third-order valence-corrected chi connectivity index (χ3v) is 4.32. The minimum absolute atomic E-state index is 0.161. The van der Waals surface area contributed by atoms with Crippen molar-refractivity contribution < 1.29 is 4.79 Å². The molecule has 2 fully saturated rings. The maximum Gasteiger partial charge on any atom is 0.234 e. The molecule has 0 spiro atoms. The fraction of sp³-hybridized carbons (Fsp3) is 0.636. The highest BCUT2D eigenvalue weighted by Crippen LogP contribution is 2.38. The van der Waals surface area contributed by atoms with Crippen LogP contribution in [0.25, 0.3) is 0 Å². The lowest BCUT2D eigenvalue weighted by Gasteiger charge is -2.35. The Bertz CT molecular complexity index is 364. The van der Waals surface area contributed by atoms with Crippen molar-refractivity contribution in [2.24, 2.45) is 10.9 Å². The van der Waals surface area contributed by atoms with Crippen molar-refractivity contribution in [3.8, 4) is 0 Å². The monoisotopic (exact) mass is 222 g/mol. The smallest absolute Gasteiger partial charge is 0.234 e. The van der Waals surface area contributed by atoms with Crippen LogP contribution in [-0.2, 0) is 4.79 Å². The molecule has 0 N–H and O–H groups in total. The van der Waals surface area contributed by atoms with Crippen molar-refractivity contribution in [3.05, 3.63) is 11.5 Å². The zero-order chi connectivity index (χ0) is 10.4. The third-order valence-electron chi connectivity index (χ3n) is 3.39. The number of rotatable bonds is 0. The summed E-state index contributed by atoms with van der Waals surface area (Å²) in [7, 11) is 0. The van der Waals surface area contributed by atoms with Gasteiger partial charge in [-0.3, -0.25) is 14.7 Å². The van der Waals surface area contributed by atoms with Gasteiger partial charge in [0.2, 0.25) is 5.91 Å². The Morgan fingerprint density at radius 3 is 3.07 bits per heavy atom. The molecular formula is C11H14N2OS. The lowest BCUT2D eigenvalue weighted by molar-refractivity contribution is -0.133. The van der Waals surface area contributed by atoms with Gasteiger partial charge in [0.1, 0.15) is 0 Å². The van der Waals surface area contributed by atoms with Gasteiger partial charge in [0.25, 0.3) is 0 Å². The molecule has 2 aliphatic heterocycles. The van der Waals surface area contributed by atoms with Crippen molar-refractivity contribution in [1.82, 2.24) is 4.90 Å². The Hall–Kier alpha value is -0.770. The van der Waals surface area contributed by atoms with Crippen molar-refractivity contribution in [2.45, 2.75) is 31.7 Å². The maximum absolute atomic E-state index is 12.2. The molecule has 0 unspecified atom stereocenters. The first-order valence-electron chi connectivity index (χ1n) is 5.50. The number of carbonyl (C=O) groups excluding carboxylic acids is 1. The van der Waals surface area contributed by atoms with E-state index in [2.05, 4.69) is 6.58 Å². The van der Waals surface area contributed by atoms with Crippen LogP contribution in [0.4, 0.5) is 0 Å². The Morgan fingerprint density at radius 2 is 2.20 bits per heavy atom. The topological polar surface area (TPSA) is 32.7 Å². The summed E-state index contributed by atoms with van der Waals surface area (Å²) in [5.74, 6) is 0.449. The second kappa shape index (κ2) is 3.37. The van der Waals surface area contributed by atoms with E-state index in [4.69, 9.17) is 4.99 Å². The number of nitrogens with zero attached hydrogens (tertiary/aromatic N) is 2. The summed E-state index contributed by atoms with van der Waals surface area (Å²) in [5, 5.41) is 0.896. The van der Waals surface area contributed by atoms with Gasteiger partial charge in [-0.2, -0.15) is 0 Å². The highest BCUT2D eigenvalue weighted by Gasteiger charge is 2.42. The summed E-state index contributed by atoms with van der Waals surface area (Å²) in [5.41, 5.74) is 0. The van der Waals surface area contributed by atoms with Gasteiger partial charge < -0.3 is 0 Å². The maximum atomic E-state index is 12.2. The van der Waals surface area contributed by atoms with Crippen molar-refractivity contribution >= 4 is 22.8 Å². The molecule has 0 aromatic rings. The van der Waals surface area contributed by atoms with Gasteiger partial charge in [-0.15, -0.1) is 0 Å². The van der Waals surface area contributed by atoms with Gasteiger partial charge in [-0.1, -0.05) is 31.2 Å². The number of aliphatic imine (C=N–C) groups is 1. The van der Waals surface area contributed by atoms with Crippen LogP contribution in [0, 0.1) is 5.92 Å². The minimum atomic E-state index is 0.161. The van der Waals surface area contributed by atoms with Gasteiger partial charge in [0, 0.05) is 4.91 Å². The fourth-order valence-corrected chi connectivity index (χ4v) is 3.53.